The molecular weight excluding hydrogens is 815 g/mol. The standard InChI is InChI=1S/C60H113NO5/c1-3-5-7-9-11-13-15-17-18-19-20-23-26-30-34-38-42-46-50-54-60(65)66-55-51-47-43-39-35-31-27-24-21-22-25-29-33-37-41-45-49-53-59(64)61-57(56-62)58(63)52-48-44-40-36-32-28-16-14-12-10-8-6-4-2/h21,24,31,35,48,52,57-58,62-63H,3-20,22-23,25-30,32-34,36-47,49-51,53-56H2,1-2H3,(H,61,64)/b24-21-,35-31-,52-48+. The molecule has 0 aliphatic carbocycles. The first-order valence-corrected chi connectivity index (χ1v) is 29.3. The van der Waals surface area contributed by atoms with Crippen LogP contribution in [0.3, 0.4) is 0 Å². The van der Waals surface area contributed by atoms with E-state index in [2.05, 4.69) is 43.5 Å². The summed E-state index contributed by atoms with van der Waals surface area (Å²) in [5.41, 5.74) is 0. The molecule has 0 rings (SSSR count). The van der Waals surface area contributed by atoms with Crippen LogP contribution in [0.15, 0.2) is 36.5 Å². The monoisotopic (exact) mass is 928 g/mol. The first-order chi connectivity index (χ1) is 32.5. The molecule has 0 heterocycles. The van der Waals surface area contributed by atoms with Crippen LogP contribution in [-0.4, -0.2) is 47.4 Å². The molecule has 1 amide bonds. The van der Waals surface area contributed by atoms with E-state index < -0.39 is 12.1 Å². The second-order valence-corrected chi connectivity index (χ2v) is 20.0. The summed E-state index contributed by atoms with van der Waals surface area (Å²) < 4.78 is 5.47. The summed E-state index contributed by atoms with van der Waals surface area (Å²) >= 11 is 0. The lowest BCUT2D eigenvalue weighted by Crippen LogP contribution is -2.45. The van der Waals surface area contributed by atoms with E-state index in [1.165, 1.54) is 199 Å². The molecule has 0 radical (unpaired) electrons. The van der Waals surface area contributed by atoms with Crippen LogP contribution in [-0.2, 0) is 14.3 Å². The number of hydrogen-bond donors (Lipinski definition) is 3. The van der Waals surface area contributed by atoms with Gasteiger partial charge in [-0.25, -0.2) is 0 Å². The van der Waals surface area contributed by atoms with Crippen molar-refractivity contribution in [3.63, 3.8) is 0 Å². The number of allylic oxidation sites excluding steroid dienone is 5. The van der Waals surface area contributed by atoms with Crippen molar-refractivity contribution < 1.29 is 24.5 Å². The molecule has 388 valence electrons. The number of ether oxygens (including phenoxy) is 1. The molecule has 0 spiro atoms. The zero-order valence-electron chi connectivity index (χ0n) is 44.2. The van der Waals surface area contributed by atoms with Crippen molar-refractivity contribution in [1.29, 1.82) is 0 Å². The van der Waals surface area contributed by atoms with Gasteiger partial charge in [0.2, 0.25) is 5.91 Å². The van der Waals surface area contributed by atoms with E-state index >= 15 is 0 Å². The Morgan fingerprint density at radius 3 is 1.15 bits per heavy atom. The number of carbonyl (C=O) groups is 2. The summed E-state index contributed by atoms with van der Waals surface area (Å²) in [6, 6.07) is -0.639. The average Bonchev–Trinajstić information content (AvgIpc) is 3.32. The highest BCUT2D eigenvalue weighted by molar-refractivity contribution is 5.76. The van der Waals surface area contributed by atoms with Crippen molar-refractivity contribution in [2.75, 3.05) is 13.2 Å². The Morgan fingerprint density at radius 2 is 0.758 bits per heavy atom. The van der Waals surface area contributed by atoms with Gasteiger partial charge in [-0.2, -0.15) is 0 Å². The van der Waals surface area contributed by atoms with E-state index in [1.807, 2.05) is 6.08 Å². The van der Waals surface area contributed by atoms with Crippen LogP contribution >= 0.6 is 0 Å². The molecule has 0 fully saturated rings. The summed E-state index contributed by atoms with van der Waals surface area (Å²) in [4.78, 5) is 24.5. The van der Waals surface area contributed by atoms with Crippen molar-refractivity contribution in [3.8, 4) is 0 Å². The third-order valence-corrected chi connectivity index (χ3v) is 13.4. The molecule has 0 bridgehead atoms. The predicted octanol–water partition coefficient (Wildman–Crippen LogP) is 18.0. The van der Waals surface area contributed by atoms with Crippen molar-refractivity contribution >= 4 is 11.9 Å². The number of aliphatic hydroxyl groups excluding tert-OH is 2. The first-order valence-electron chi connectivity index (χ1n) is 29.3. The van der Waals surface area contributed by atoms with E-state index in [-0.39, 0.29) is 18.5 Å². The molecule has 2 unspecified atom stereocenters. The maximum absolute atomic E-state index is 12.4. The largest absolute Gasteiger partial charge is 0.466 e. The molecule has 0 saturated carbocycles. The second-order valence-electron chi connectivity index (χ2n) is 20.0. The molecule has 0 aliphatic heterocycles. The third-order valence-electron chi connectivity index (χ3n) is 13.4. The molecular formula is C60H113NO5. The molecule has 66 heavy (non-hydrogen) atoms. The summed E-state index contributed by atoms with van der Waals surface area (Å²) in [6.45, 7) is 4.87. The quantitative estimate of drug-likeness (QED) is 0.0321. The zero-order chi connectivity index (χ0) is 47.9. The Balaban J connectivity index is 3.48. The highest BCUT2D eigenvalue weighted by Crippen LogP contribution is 2.17. The number of hydrogen-bond acceptors (Lipinski definition) is 5. The van der Waals surface area contributed by atoms with Gasteiger partial charge in [-0.05, 0) is 70.6 Å². The average molecular weight is 929 g/mol. The van der Waals surface area contributed by atoms with Crippen molar-refractivity contribution in [2.45, 2.75) is 321 Å². The summed E-state index contributed by atoms with van der Waals surface area (Å²) in [5, 5.41) is 23.0. The van der Waals surface area contributed by atoms with Crippen LogP contribution < -0.4 is 5.32 Å². The van der Waals surface area contributed by atoms with Crippen LogP contribution in [0.5, 0.6) is 0 Å². The van der Waals surface area contributed by atoms with E-state index in [4.69, 9.17) is 4.74 Å². The molecule has 0 aromatic rings. The summed E-state index contributed by atoms with van der Waals surface area (Å²) in [6.07, 6.45) is 68.9. The van der Waals surface area contributed by atoms with Crippen molar-refractivity contribution in [2.24, 2.45) is 0 Å². The van der Waals surface area contributed by atoms with E-state index in [9.17, 15) is 19.8 Å². The number of rotatable bonds is 54. The van der Waals surface area contributed by atoms with E-state index in [1.54, 1.807) is 6.08 Å². The van der Waals surface area contributed by atoms with Crippen molar-refractivity contribution in [3.05, 3.63) is 36.5 Å². The first kappa shape index (κ1) is 64.1. The zero-order valence-corrected chi connectivity index (χ0v) is 44.2. The summed E-state index contributed by atoms with van der Waals surface area (Å²) in [7, 11) is 0. The van der Waals surface area contributed by atoms with Gasteiger partial charge in [0.05, 0.1) is 25.4 Å². The fourth-order valence-corrected chi connectivity index (χ4v) is 8.90. The molecule has 0 aliphatic rings. The lowest BCUT2D eigenvalue weighted by Gasteiger charge is -2.20. The highest BCUT2D eigenvalue weighted by atomic mass is 16.5. The fourth-order valence-electron chi connectivity index (χ4n) is 8.90. The minimum atomic E-state index is -0.854. The molecule has 2 atom stereocenters. The maximum atomic E-state index is 12.4. The van der Waals surface area contributed by atoms with E-state index in [0.29, 0.717) is 19.4 Å². The Bertz CT molecular complexity index is 1070. The Kier molecular flexibility index (Phi) is 54.1. The number of carbonyl (C=O) groups excluding carboxylic acids is 2. The molecule has 6 nitrogen and oxygen atoms in total. The molecule has 0 saturated heterocycles. The molecule has 3 N–H and O–H groups in total. The Hall–Kier alpha value is -1.92. The van der Waals surface area contributed by atoms with Gasteiger partial charge in [0.25, 0.3) is 0 Å². The van der Waals surface area contributed by atoms with Crippen LogP contribution in [0.25, 0.3) is 0 Å². The maximum Gasteiger partial charge on any atom is 0.305 e. The number of amides is 1. The molecule has 6 heteroatoms. The van der Waals surface area contributed by atoms with Gasteiger partial charge in [-0.1, -0.05) is 262 Å². The van der Waals surface area contributed by atoms with Crippen LogP contribution in [0.1, 0.15) is 309 Å². The SMILES string of the molecule is CCCCCCCCCCCCC/C=C/C(O)C(CO)NC(=O)CCCCCCCCC/C=C\C/C=C\CCCCCOC(=O)CCCCCCCCCCCCCCCCCCCCC. The van der Waals surface area contributed by atoms with Gasteiger partial charge >= 0.3 is 5.97 Å². The fraction of sp³-hybridized carbons (Fsp3) is 0.867. The Morgan fingerprint density at radius 1 is 0.424 bits per heavy atom. The predicted molar refractivity (Wildman–Crippen MR) is 287 cm³/mol. The van der Waals surface area contributed by atoms with Gasteiger partial charge in [0.15, 0.2) is 0 Å². The number of nitrogens with one attached hydrogen (secondary N) is 1. The third kappa shape index (κ3) is 51.5. The van der Waals surface area contributed by atoms with Crippen LogP contribution in [0, 0.1) is 0 Å². The number of aliphatic hydroxyl groups is 2. The van der Waals surface area contributed by atoms with Gasteiger partial charge in [-0.15, -0.1) is 0 Å². The highest BCUT2D eigenvalue weighted by Gasteiger charge is 2.18. The normalized spacial score (nSPS) is 12.8. The topological polar surface area (TPSA) is 95.9 Å². The van der Waals surface area contributed by atoms with Gasteiger partial charge < -0.3 is 20.3 Å². The van der Waals surface area contributed by atoms with Crippen molar-refractivity contribution in [1.82, 2.24) is 5.32 Å². The number of esters is 1. The van der Waals surface area contributed by atoms with Crippen LogP contribution in [0.4, 0.5) is 0 Å². The summed E-state index contributed by atoms with van der Waals surface area (Å²) in [5.74, 6) is -0.0961. The van der Waals surface area contributed by atoms with Gasteiger partial charge in [-0.3, -0.25) is 9.59 Å². The van der Waals surface area contributed by atoms with Gasteiger partial charge in [0.1, 0.15) is 0 Å². The second kappa shape index (κ2) is 55.7. The molecule has 0 aromatic carbocycles. The minimum Gasteiger partial charge on any atom is -0.466 e. The molecule has 0 aromatic heterocycles. The number of unbranched alkanes of at least 4 members (excludes halogenated alkanes) is 39. The van der Waals surface area contributed by atoms with Crippen LogP contribution in [0.2, 0.25) is 0 Å². The van der Waals surface area contributed by atoms with E-state index in [0.717, 1.165) is 83.5 Å². The lowest BCUT2D eigenvalue weighted by molar-refractivity contribution is -0.143. The smallest absolute Gasteiger partial charge is 0.305 e. The minimum absolute atomic E-state index is 0.0119. The Labute approximate surface area is 411 Å². The lowest BCUT2D eigenvalue weighted by atomic mass is 10.0. The van der Waals surface area contributed by atoms with Gasteiger partial charge in [0, 0.05) is 12.8 Å².